The Labute approximate surface area is 129 Å². The highest BCUT2D eigenvalue weighted by Crippen LogP contribution is 2.35. The van der Waals surface area contributed by atoms with E-state index in [9.17, 15) is 0 Å². The number of rotatable bonds is 3. The number of aryl methyl sites for hydroxylation is 1. The molecular weight excluding hydrogens is 256 g/mol. The van der Waals surface area contributed by atoms with Crippen LogP contribution in [0, 0.1) is 11.8 Å². The van der Waals surface area contributed by atoms with Crippen LogP contribution in [0.4, 0.5) is 0 Å². The van der Waals surface area contributed by atoms with Gasteiger partial charge in [0.25, 0.3) is 0 Å². The largest absolute Gasteiger partial charge is 0.312 e. The van der Waals surface area contributed by atoms with Gasteiger partial charge in [-0.2, -0.15) is 0 Å². The van der Waals surface area contributed by atoms with Crippen LogP contribution in [0.2, 0.25) is 0 Å². The fraction of sp³-hybridized carbons (Fsp3) is 0.684. The minimum atomic E-state index is 0.505. The second kappa shape index (κ2) is 6.50. The fourth-order valence-electron chi connectivity index (χ4n) is 4.40. The van der Waals surface area contributed by atoms with Crippen LogP contribution in [0.5, 0.6) is 0 Å². The minimum Gasteiger partial charge on any atom is -0.312 e. The topological polar surface area (TPSA) is 15.3 Å². The van der Waals surface area contributed by atoms with Crippen molar-refractivity contribution in [2.24, 2.45) is 11.8 Å². The molecule has 0 radical (unpaired) electrons. The zero-order chi connectivity index (χ0) is 14.8. The van der Waals surface area contributed by atoms with Gasteiger partial charge in [0, 0.05) is 12.1 Å². The molecule has 2 nitrogen and oxygen atoms in total. The van der Waals surface area contributed by atoms with Gasteiger partial charge < -0.3 is 5.32 Å². The summed E-state index contributed by atoms with van der Waals surface area (Å²) in [6, 6.07) is 10.2. The summed E-state index contributed by atoms with van der Waals surface area (Å²) in [5.41, 5.74) is 3.08. The summed E-state index contributed by atoms with van der Waals surface area (Å²) in [5, 5.41) is 3.60. The molecule has 21 heavy (non-hydrogen) atoms. The van der Waals surface area contributed by atoms with E-state index in [0.717, 1.165) is 11.8 Å². The lowest BCUT2D eigenvalue weighted by atomic mass is 9.81. The number of nitrogens with zero attached hydrogens (tertiary/aromatic N) is 1. The van der Waals surface area contributed by atoms with E-state index in [2.05, 4.69) is 55.4 Å². The minimum absolute atomic E-state index is 0.505. The third kappa shape index (κ3) is 3.02. The van der Waals surface area contributed by atoms with Gasteiger partial charge in [-0.3, -0.25) is 4.90 Å². The van der Waals surface area contributed by atoms with E-state index < -0.39 is 0 Å². The van der Waals surface area contributed by atoms with Crippen LogP contribution in [0.25, 0.3) is 0 Å². The molecule has 0 spiro atoms. The molecule has 1 aromatic carbocycles. The maximum absolute atomic E-state index is 3.60. The summed E-state index contributed by atoms with van der Waals surface area (Å²) >= 11 is 0. The smallest absolute Gasteiger partial charge is 0.0478 e. The van der Waals surface area contributed by atoms with Crippen LogP contribution in [0.1, 0.15) is 50.3 Å². The Morgan fingerprint density at radius 3 is 2.48 bits per heavy atom. The molecule has 116 valence electrons. The van der Waals surface area contributed by atoms with E-state index in [1.54, 1.807) is 5.56 Å². The van der Waals surface area contributed by atoms with E-state index in [0.29, 0.717) is 12.1 Å². The Bertz CT molecular complexity index is 460. The van der Waals surface area contributed by atoms with Crippen molar-refractivity contribution in [1.82, 2.24) is 10.2 Å². The summed E-state index contributed by atoms with van der Waals surface area (Å²) in [6.45, 7) is 7.34. The Morgan fingerprint density at radius 1 is 1.10 bits per heavy atom. The first-order valence-corrected chi connectivity index (χ1v) is 8.70. The summed E-state index contributed by atoms with van der Waals surface area (Å²) < 4.78 is 0. The van der Waals surface area contributed by atoms with E-state index in [4.69, 9.17) is 0 Å². The van der Waals surface area contributed by atoms with Gasteiger partial charge in [0.1, 0.15) is 0 Å². The van der Waals surface area contributed by atoms with Crippen LogP contribution < -0.4 is 5.32 Å². The summed E-state index contributed by atoms with van der Waals surface area (Å²) in [6.07, 6.45) is 5.30. The van der Waals surface area contributed by atoms with Gasteiger partial charge in [-0.15, -0.1) is 0 Å². The first-order chi connectivity index (χ1) is 10.2. The molecule has 2 atom stereocenters. The third-order valence-corrected chi connectivity index (χ3v) is 5.78. The Morgan fingerprint density at radius 2 is 1.81 bits per heavy atom. The van der Waals surface area contributed by atoms with E-state index in [1.807, 2.05) is 0 Å². The molecule has 3 rings (SSSR count). The second-order valence-electron chi connectivity index (χ2n) is 7.19. The molecule has 1 aromatic rings. The quantitative estimate of drug-likeness (QED) is 0.913. The number of likely N-dealkylation sites (tertiary alicyclic amines) is 1. The van der Waals surface area contributed by atoms with Gasteiger partial charge in [-0.1, -0.05) is 38.1 Å². The van der Waals surface area contributed by atoms with E-state index in [-0.39, 0.29) is 0 Å². The van der Waals surface area contributed by atoms with Crippen LogP contribution >= 0.6 is 0 Å². The molecule has 1 saturated heterocycles. The first-order valence-electron chi connectivity index (χ1n) is 8.70. The van der Waals surface area contributed by atoms with Gasteiger partial charge in [0.2, 0.25) is 0 Å². The third-order valence-electron chi connectivity index (χ3n) is 5.78. The van der Waals surface area contributed by atoms with Crippen molar-refractivity contribution in [2.75, 3.05) is 20.1 Å². The molecular formula is C19H30N2. The molecule has 1 N–H and O–H groups in total. The van der Waals surface area contributed by atoms with Crippen LogP contribution in [0.3, 0.4) is 0 Å². The fourth-order valence-corrected chi connectivity index (χ4v) is 4.40. The highest BCUT2D eigenvalue weighted by atomic mass is 15.2. The lowest BCUT2D eigenvalue weighted by Gasteiger charge is -2.44. The number of benzene rings is 1. The number of hydrogen-bond acceptors (Lipinski definition) is 2. The number of nitrogens with one attached hydrogen (secondary N) is 1. The Balaban J connectivity index is 1.72. The highest BCUT2D eigenvalue weighted by molar-refractivity contribution is 5.34. The van der Waals surface area contributed by atoms with Crippen molar-refractivity contribution < 1.29 is 0 Å². The number of piperidine rings is 1. The molecule has 1 heterocycles. The normalized spacial score (nSPS) is 27.8. The predicted molar refractivity (Wildman–Crippen MR) is 89.5 cm³/mol. The van der Waals surface area contributed by atoms with Gasteiger partial charge in [-0.25, -0.2) is 0 Å². The zero-order valence-electron chi connectivity index (χ0n) is 13.8. The summed E-state index contributed by atoms with van der Waals surface area (Å²) in [5.74, 6) is 1.78. The number of hydrogen-bond donors (Lipinski definition) is 1. The van der Waals surface area contributed by atoms with Crippen molar-refractivity contribution in [3.8, 4) is 0 Å². The molecule has 2 heteroatoms. The maximum Gasteiger partial charge on any atom is 0.0478 e. The average molecular weight is 286 g/mol. The average Bonchev–Trinajstić information content (AvgIpc) is 2.53. The lowest BCUT2D eigenvalue weighted by molar-refractivity contribution is 0.0851. The van der Waals surface area contributed by atoms with Gasteiger partial charge in [0.15, 0.2) is 0 Å². The molecule has 1 fully saturated rings. The molecule has 0 saturated carbocycles. The van der Waals surface area contributed by atoms with Crippen molar-refractivity contribution in [3.05, 3.63) is 35.4 Å². The maximum atomic E-state index is 3.60. The molecule has 1 aliphatic heterocycles. The molecule has 0 amide bonds. The molecule has 0 bridgehead atoms. The lowest BCUT2D eigenvalue weighted by Crippen LogP contribution is -2.49. The van der Waals surface area contributed by atoms with Crippen molar-refractivity contribution in [1.29, 1.82) is 0 Å². The van der Waals surface area contributed by atoms with Gasteiger partial charge in [0.05, 0.1) is 0 Å². The van der Waals surface area contributed by atoms with Gasteiger partial charge >= 0.3 is 0 Å². The van der Waals surface area contributed by atoms with Gasteiger partial charge in [-0.05, 0) is 68.8 Å². The van der Waals surface area contributed by atoms with E-state index in [1.165, 1.54) is 44.3 Å². The summed E-state index contributed by atoms with van der Waals surface area (Å²) in [7, 11) is 2.13. The van der Waals surface area contributed by atoms with E-state index >= 15 is 0 Å². The SMILES string of the molecule is CNC1c2ccccc2CCC1N1CCC(C(C)C)CC1. The monoisotopic (exact) mass is 286 g/mol. The molecule has 2 unspecified atom stereocenters. The number of fused-ring (bicyclic) bond motifs is 1. The number of likely N-dealkylation sites (N-methyl/N-ethyl adjacent to an activating group) is 1. The van der Waals surface area contributed by atoms with Crippen LogP contribution in [-0.4, -0.2) is 31.1 Å². The molecule has 2 aliphatic rings. The van der Waals surface area contributed by atoms with Crippen molar-refractivity contribution in [3.63, 3.8) is 0 Å². The molecule has 0 aromatic heterocycles. The highest BCUT2D eigenvalue weighted by Gasteiger charge is 2.34. The predicted octanol–water partition coefficient (Wildman–Crippen LogP) is 3.63. The van der Waals surface area contributed by atoms with Crippen LogP contribution in [0.15, 0.2) is 24.3 Å². The zero-order valence-corrected chi connectivity index (χ0v) is 13.8. The Hall–Kier alpha value is -0.860. The molecule has 1 aliphatic carbocycles. The Kier molecular flexibility index (Phi) is 4.66. The van der Waals surface area contributed by atoms with Crippen molar-refractivity contribution >= 4 is 0 Å². The second-order valence-corrected chi connectivity index (χ2v) is 7.19. The standard InChI is InChI=1S/C19H30N2/c1-14(2)15-10-12-21(13-11-15)18-9-8-16-6-4-5-7-17(16)19(18)20-3/h4-7,14-15,18-20H,8-13H2,1-3H3. The first kappa shape index (κ1) is 15.1. The van der Waals surface area contributed by atoms with Crippen LogP contribution in [-0.2, 0) is 6.42 Å². The van der Waals surface area contributed by atoms with Crippen molar-refractivity contribution in [2.45, 2.75) is 51.6 Å². The summed E-state index contributed by atoms with van der Waals surface area (Å²) in [4.78, 5) is 2.76.